The molecule has 1 nitrogen and oxygen atoms in total. The zero-order valence-corrected chi connectivity index (χ0v) is 8.46. The van der Waals surface area contributed by atoms with Crippen molar-refractivity contribution in [1.82, 2.24) is 0 Å². The molecule has 78 valence electrons. The van der Waals surface area contributed by atoms with Gasteiger partial charge in [0.25, 0.3) is 0 Å². The minimum Gasteiger partial charge on any atom is -0.378 e. The monoisotopic (exact) mass is 204 g/mol. The summed E-state index contributed by atoms with van der Waals surface area (Å²) < 4.78 is 12.6. The summed E-state index contributed by atoms with van der Waals surface area (Å²) in [6.07, 6.45) is 3.57. The van der Waals surface area contributed by atoms with E-state index in [0.717, 1.165) is 31.2 Å². The van der Waals surface area contributed by atoms with E-state index in [1.54, 1.807) is 12.1 Å². The summed E-state index contributed by atoms with van der Waals surface area (Å²) in [5.74, 6) is 5.50. The molecule has 0 aromatic heterocycles. The molecule has 15 heavy (non-hydrogen) atoms. The minimum atomic E-state index is -0.811. The van der Waals surface area contributed by atoms with Crippen molar-refractivity contribution < 1.29 is 9.50 Å². The van der Waals surface area contributed by atoms with Crippen LogP contribution in [-0.2, 0) is 0 Å². The average Bonchev–Trinajstić information content (AvgIpc) is 2.65. The van der Waals surface area contributed by atoms with Gasteiger partial charge in [0.2, 0.25) is 0 Å². The quantitative estimate of drug-likeness (QED) is 0.644. The van der Waals surface area contributed by atoms with Crippen LogP contribution >= 0.6 is 0 Å². The Hall–Kier alpha value is -1.33. The van der Waals surface area contributed by atoms with Crippen LogP contribution in [0.2, 0.25) is 0 Å². The first-order chi connectivity index (χ1) is 7.18. The molecule has 0 heterocycles. The van der Waals surface area contributed by atoms with E-state index in [-0.39, 0.29) is 5.82 Å². The van der Waals surface area contributed by atoms with Crippen molar-refractivity contribution in [3.63, 3.8) is 0 Å². The van der Waals surface area contributed by atoms with Gasteiger partial charge in [-0.15, -0.1) is 0 Å². The second kappa shape index (κ2) is 4.04. The highest BCUT2D eigenvalue weighted by Gasteiger charge is 2.28. The van der Waals surface area contributed by atoms with Crippen molar-refractivity contribution in [2.45, 2.75) is 31.3 Å². The molecule has 1 N–H and O–H groups in total. The summed E-state index contributed by atoms with van der Waals surface area (Å²) in [5.41, 5.74) is -0.0642. The lowest BCUT2D eigenvalue weighted by Crippen LogP contribution is -2.20. The normalized spacial score (nSPS) is 18.3. The summed E-state index contributed by atoms with van der Waals surface area (Å²) in [5, 5.41) is 9.96. The number of benzene rings is 1. The average molecular weight is 204 g/mol. The van der Waals surface area contributed by atoms with Gasteiger partial charge < -0.3 is 5.11 Å². The molecule has 1 saturated carbocycles. The zero-order chi connectivity index (χ0) is 10.7. The molecule has 1 aromatic carbocycles. The van der Waals surface area contributed by atoms with Crippen LogP contribution in [-0.4, -0.2) is 10.7 Å². The Labute approximate surface area is 88.9 Å². The number of halogens is 1. The van der Waals surface area contributed by atoms with E-state index < -0.39 is 5.60 Å². The van der Waals surface area contributed by atoms with Gasteiger partial charge >= 0.3 is 0 Å². The van der Waals surface area contributed by atoms with Gasteiger partial charge in [-0.05, 0) is 49.9 Å². The molecule has 2 heteroatoms. The molecular weight excluding hydrogens is 191 g/mol. The van der Waals surface area contributed by atoms with Crippen LogP contribution in [0.15, 0.2) is 24.3 Å². The largest absolute Gasteiger partial charge is 0.378 e. The second-order valence-electron chi connectivity index (χ2n) is 4.00. The highest BCUT2D eigenvalue weighted by Crippen LogP contribution is 2.28. The maximum absolute atomic E-state index is 12.6. The third kappa shape index (κ3) is 2.57. The standard InChI is InChI=1S/C13H13FO/c14-12-5-3-11(4-6-12)7-10-13(15)8-1-2-9-13/h3-6,15H,1-2,8-9H2. The van der Waals surface area contributed by atoms with Crippen LogP contribution in [0.3, 0.4) is 0 Å². The van der Waals surface area contributed by atoms with Gasteiger partial charge in [-0.25, -0.2) is 4.39 Å². The molecule has 0 radical (unpaired) electrons. The summed E-state index contributed by atoms with van der Waals surface area (Å²) in [7, 11) is 0. The van der Waals surface area contributed by atoms with Crippen molar-refractivity contribution in [2.75, 3.05) is 0 Å². The molecule has 0 spiro atoms. The van der Waals surface area contributed by atoms with Gasteiger partial charge in [-0.3, -0.25) is 0 Å². The maximum atomic E-state index is 12.6. The third-order valence-corrected chi connectivity index (χ3v) is 2.71. The Morgan fingerprint density at radius 1 is 1.13 bits per heavy atom. The van der Waals surface area contributed by atoms with E-state index in [1.165, 1.54) is 12.1 Å². The van der Waals surface area contributed by atoms with Crippen molar-refractivity contribution >= 4 is 0 Å². The lowest BCUT2D eigenvalue weighted by atomic mass is 10.0. The van der Waals surface area contributed by atoms with E-state index in [9.17, 15) is 9.50 Å². The Morgan fingerprint density at radius 3 is 2.33 bits per heavy atom. The molecule has 2 rings (SSSR count). The van der Waals surface area contributed by atoms with Crippen LogP contribution in [0.1, 0.15) is 31.2 Å². The lowest BCUT2D eigenvalue weighted by Gasteiger charge is -2.12. The van der Waals surface area contributed by atoms with Crippen LogP contribution in [0, 0.1) is 17.7 Å². The van der Waals surface area contributed by atoms with Gasteiger partial charge in [0.1, 0.15) is 11.4 Å². The first kappa shape index (κ1) is 10.2. The molecule has 0 aliphatic heterocycles. The number of hydrogen-bond acceptors (Lipinski definition) is 1. The molecule has 0 saturated heterocycles. The molecule has 1 aliphatic rings. The van der Waals surface area contributed by atoms with Crippen LogP contribution in [0.5, 0.6) is 0 Å². The Kier molecular flexibility index (Phi) is 2.75. The highest BCUT2D eigenvalue weighted by atomic mass is 19.1. The Bertz CT molecular complexity index is 391. The third-order valence-electron chi connectivity index (χ3n) is 2.71. The molecule has 0 unspecified atom stereocenters. The SMILES string of the molecule is OC1(C#Cc2ccc(F)cc2)CCCC1. The topological polar surface area (TPSA) is 20.2 Å². The first-order valence-electron chi connectivity index (χ1n) is 5.19. The molecule has 1 aromatic rings. The highest BCUT2D eigenvalue weighted by molar-refractivity contribution is 5.36. The number of aliphatic hydroxyl groups is 1. The van der Waals surface area contributed by atoms with Crippen molar-refractivity contribution in [3.05, 3.63) is 35.6 Å². The zero-order valence-electron chi connectivity index (χ0n) is 8.46. The molecular formula is C13H13FO. The number of hydrogen-bond donors (Lipinski definition) is 1. The predicted octanol–water partition coefficient (Wildman–Crippen LogP) is 2.48. The summed E-state index contributed by atoms with van der Waals surface area (Å²) in [6, 6.07) is 6.01. The summed E-state index contributed by atoms with van der Waals surface area (Å²) >= 11 is 0. The van der Waals surface area contributed by atoms with Gasteiger partial charge in [-0.2, -0.15) is 0 Å². The minimum absolute atomic E-state index is 0.264. The molecule has 0 amide bonds. The molecule has 0 bridgehead atoms. The first-order valence-corrected chi connectivity index (χ1v) is 5.19. The molecule has 1 fully saturated rings. The van der Waals surface area contributed by atoms with Crippen LogP contribution < -0.4 is 0 Å². The Morgan fingerprint density at radius 2 is 1.73 bits per heavy atom. The molecule has 0 atom stereocenters. The van der Waals surface area contributed by atoms with Crippen LogP contribution in [0.4, 0.5) is 4.39 Å². The van der Waals surface area contributed by atoms with E-state index >= 15 is 0 Å². The Balaban J connectivity index is 2.14. The van der Waals surface area contributed by atoms with Gasteiger partial charge in [0.15, 0.2) is 0 Å². The maximum Gasteiger partial charge on any atom is 0.125 e. The van der Waals surface area contributed by atoms with Gasteiger partial charge in [0, 0.05) is 5.56 Å². The van der Waals surface area contributed by atoms with E-state index in [4.69, 9.17) is 0 Å². The fourth-order valence-corrected chi connectivity index (χ4v) is 1.81. The molecule has 1 aliphatic carbocycles. The predicted molar refractivity (Wildman–Crippen MR) is 56.7 cm³/mol. The van der Waals surface area contributed by atoms with Gasteiger partial charge in [-0.1, -0.05) is 11.8 Å². The second-order valence-corrected chi connectivity index (χ2v) is 4.00. The van der Waals surface area contributed by atoms with Crippen molar-refractivity contribution in [1.29, 1.82) is 0 Å². The number of rotatable bonds is 0. The van der Waals surface area contributed by atoms with Gasteiger partial charge in [0.05, 0.1) is 0 Å². The summed E-state index contributed by atoms with van der Waals surface area (Å²) in [6.45, 7) is 0. The van der Waals surface area contributed by atoms with E-state index in [2.05, 4.69) is 11.8 Å². The fourth-order valence-electron chi connectivity index (χ4n) is 1.81. The lowest BCUT2D eigenvalue weighted by molar-refractivity contribution is 0.110. The van der Waals surface area contributed by atoms with Crippen LogP contribution in [0.25, 0.3) is 0 Å². The fraction of sp³-hybridized carbons (Fsp3) is 0.385. The van der Waals surface area contributed by atoms with Crippen molar-refractivity contribution in [3.8, 4) is 11.8 Å². The van der Waals surface area contributed by atoms with Crippen molar-refractivity contribution in [2.24, 2.45) is 0 Å². The van der Waals surface area contributed by atoms with E-state index in [0.29, 0.717) is 0 Å². The smallest absolute Gasteiger partial charge is 0.125 e. The summed E-state index contributed by atoms with van der Waals surface area (Å²) in [4.78, 5) is 0. The van der Waals surface area contributed by atoms with E-state index in [1.807, 2.05) is 0 Å².